The molecule has 3 rings (SSSR count). The van der Waals surface area contributed by atoms with Gasteiger partial charge in [-0.2, -0.15) is 4.98 Å². The van der Waals surface area contributed by atoms with Crippen molar-refractivity contribution < 1.29 is 9.47 Å². The quantitative estimate of drug-likeness (QED) is 0.939. The number of methoxy groups -OCH3 is 2. The monoisotopic (exact) mass is 305 g/mol. The Morgan fingerprint density at radius 2 is 2.05 bits per heavy atom. The standard InChI is InChI=1S/C15H19N3O2S/c1-19-12-8-17-14(15(18-12)20-2)13(16)11-7-9-5-3-4-6-10(9)21-11/h7-8,13H,3-6,16H2,1-2H3. The summed E-state index contributed by atoms with van der Waals surface area (Å²) >= 11 is 1.79. The molecule has 0 aliphatic heterocycles. The lowest BCUT2D eigenvalue weighted by Gasteiger charge is -2.13. The number of hydrogen-bond donors (Lipinski definition) is 1. The number of ether oxygens (including phenoxy) is 2. The molecule has 21 heavy (non-hydrogen) atoms. The maximum atomic E-state index is 6.38. The van der Waals surface area contributed by atoms with Gasteiger partial charge in [-0.1, -0.05) is 0 Å². The zero-order valence-corrected chi connectivity index (χ0v) is 13.1. The van der Waals surface area contributed by atoms with Crippen molar-refractivity contribution in [2.45, 2.75) is 31.7 Å². The summed E-state index contributed by atoms with van der Waals surface area (Å²) in [7, 11) is 3.12. The highest BCUT2D eigenvalue weighted by Gasteiger charge is 2.22. The van der Waals surface area contributed by atoms with Crippen LogP contribution in [-0.4, -0.2) is 24.2 Å². The number of aromatic nitrogens is 2. The van der Waals surface area contributed by atoms with Gasteiger partial charge in [-0.25, -0.2) is 4.98 Å². The normalized spacial score (nSPS) is 15.4. The number of nitrogens with two attached hydrogens (primary N) is 1. The molecule has 0 aromatic carbocycles. The molecule has 5 nitrogen and oxygen atoms in total. The third-order valence-corrected chi connectivity index (χ3v) is 5.08. The van der Waals surface area contributed by atoms with Crippen LogP contribution >= 0.6 is 11.3 Å². The van der Waals surface area contributed by atoms with Crippen molar-refractivity contribution in [2.75, 3.05) is 14.2 Å². The smallest absolute Gasteiger partial charge is 0.240 e. The van der Waals surface area contributed by atoms with Crippen molar-refractivity contribution in [3.63, 3.8) is 0 Å². The molecule has 0 fully saturated rings. The fraction of sp³-hybridized carbons (Fsp3) is 0.467. The van der Waals surface area contributed by atoms with Crippen LogP contribution in [0.4, 0.5) is 0 Å². The van der Waals surface area contributed by atoms with Gasteiger partial charge in [-0.3, -0.25) is 0 Å². The van der Waals surface area contributed by atoms with Crippen LogP contribution in [-0.2, 0) is 12.8 Å². The van der Waals surface area contributed by atoms with Crippen LogP contribution in [0.15, 0.2) is 12.3 Å². The van der Waals surface area contributed by atoms with E-state index in [9.17, 15) is 0 Å². The molecule has 1 aliphatic carbocycles. The average molecular weight is 305 g/mol. The largest absolute Gasteiger partial charge is 0.480 e. The minimum absolute atomic E-state index is 0.311. The van der Waals surface area contributed by atoms with Crippen LogP contribution in [0.3, 0.4) is 0 Å². The van der Waals surface area contributed by atoms with E-state index >= 15 is 0 Å². The van der Waals surface area contributed by atoms with Crippen LogP contribution in [0.1, 0.15) is 39.9 Å². The maximum absolute atomic E-state index is 6.38. The summed E-state index contributed by atoms with van der Waals surface area (Å²) in [6, 6.07) is 1.91. The van der Waals surface area contributed by atoms with E-state index < -0.39 is 0 Å². The second kappa shape index (κ2) is 5.99. The second-order valence-electron chi connectivity index (χ2n) is 5.09. The first-order valence-electron chi connectivity index (χ1n) is 7.05. The number of fused-ring (bicyclic) bond motifs is 1. The van der Waals surface area contributed by atoms with Crippen LogP contribution in [0.5, 0.6) is 11.8 Å². The Morgan fingerprint density at radius 1 is 1.24 bits per heavy atom. The minimum atomic E-state index is -0.311. The van der Waals surface area contributed by atoms with Crippen molar-refractivity contribution >= 4 is 11.3 Å². The number of hydrogen-bond acceptors (Lipinski definition) is 6. The van der Waals surface area contributed by atoms with Gasteiger partial charge >= 0.3 is 0 Å². The van der Waals surface area contributed by atoms with Gasteiger partial charge in [0.15, 0.2) is 0 Å². The zero-order chi connectivity index (χ0) is 14.8. The molecule has 2 heterocycles. The van der Waals surface area contributed by atoms with Gasteiger partial charge in [0.05, 0.1) is 26.5 Å². The van der Waals surface area contributed by atoms with E-state index in [0.717, 1.165) is 17.7 Å². The van der Waals surface area contributed by atoms with Gasteiger partial charge in [0.2, 0.25) is 11.8 Å². The molecule has 2 aromatic rings. The van der Waals surface area contributed by atoms with E-state index in [4.69, 9.17) is 15.2 Å². The third kappa shape index (κ3) is 2.73. The minimum Gasteiger partial charge on any atom is -0.480 e. The Balaban J connectivity index is 1.94. The second-order valence-corrected chi connectivity index (χ2v) is 6.26. The molecule has 0 saturated carbocycles. The van der Waals surface area contributed by atoms with Crippen LogP contribution in [0, 0.1) is 0 Å². The van der Waals surface area contributed by atoms with Crippen molar-refractivity contribution in [3.05, 3.63) is 33.3 Å². The highest BCUT2D eigenvalue weighted by atomic mass is 32.1. The van der Waals surface area contributed by atoms with Crippen molar-refractivity contribution in [3.8, 4) is 11.8 Å². The van der Waals surface area contributed by atoms with Crippen LogP contribution < -0.4 is 15.2 Å². The summed E-state index contributed by atoms with van der Waals surface area (Å²) in [5.74, 6) is 0.849. The van der Waals surface area contributed by atoms with E-state index in [2.05, 4.69) is 16.0 Å². The molecule has 2 aromatic heterocycles. The number of nitrogens with zero attached hydrogens (tertiary/aromatic N) is 2. The topological polar surface area (TPSA) is 70.3 Å². The van der Waals surface area contributed by atoms with E-state index in [1.807, 2.05) is 0 Å². The zero-order valence-electron chi connectivity index (χ0n) is 12.3. The highest BCUT2D eigenvalue weighted by Crippen LogP contribution is 2.35. The molecule has 6 heteroatoms. The Morgan fingerprint density at radius 3 is 2.76 bits per heavy atom. The molecular formula is C15H19N3O2S. The SMILES string of the molecule is COc1cnc(C(N)c2cc3c(s2)CCCC3)c(OC)n1. The molecule has 2 N–H and O–H groups in total. The first-order valence-corrected chi connectivity index (χ1v) is 7.86. The molecule has 0 amide bonds. The Kier molecular flexibility index (Phi) is 4.07. The lowest BCUT2D eigenvalue weighted by atomic mass is 9.98. The van der Waals surface area contributed by atoms with Crippen molar-refractivity contribution in [1.29, 1.82) is 0 Å². The van der Waals surface area contributed by atoms with E-state index in [1.54, 1.807) is 31.8 Å². The lowest BCUT2D eigenvalue weighted by molar-refractivity contribution is 0.355. The first kappa shape index (κ1) is 14.3. The first-order chi connectivity index (χ1) is 10.2. The number of thiophene rings is 1. The van der Waals surface area contributed by atoms with E-state index in [1.165, 1.54) is 23.3 Å². The fourth-order valence-corrected chi connectivity index (χ4v) is 3.89. The fourth-order valence-electron chi connectivity index (χ4n) is 2.63. The predicted molar refractivity (Wildman–Crippen MR) is 82.1 cm³/mol. The highest BCUT2D eigenvalue weighted by molar-refractivity contribution is 7.12. The third-order valence-electron chi connectivity index (χ3n) is 3.76. The van der Waals surface area contributed by atoms with Crippen LogP contribution in [0.25, 0.3) is 0 Å². The molecular weight excluding hydrogens is 286 g/mol. The number of aryl methyl sites for hydroxylation is 2. The molecule has 1 aliphatic rings. The summed E-state index contributed by atoms with van der Waals surface area (Å²) in [6.07, 6.45) is 6.44. The van der Waals surface area contributed by atoms with Gasteiger partial charge in [0.1, 0.15) is 5.69 Å². The number of rotatable bonds is 4. The average Bonchev–Trinajstić information content (AvgIpc) is 2.97. The Bertz CT molecular complexity index is 618. The van der Waals surface area contributed by atoms with Gasteiger partial charge < -0.3 is 15.2 Å². The molecule has 1 unspecified atom stereocenters. The summed E-state index contributed by atoms with van der Waals surface area (Å²) in [6.45, 7) is 0. The van der Waals surface area contributed by atoms with Gasteiger partial charge in [-0.05, 0) is 37.3 Å². The summed E-state index contributed by atoms with van der Waals surface area (Å²) in [5, 5.41) is 0. The lowest BCUT2D eigenvalue weighted by Crippen LogP contribution is -2.14. The van der Waals surface area contributed by atoms with Crippen molar-refractivity contribution in [2.24, 2.45) is 5.73 Å². The molecule has 0 saturated heterocycles. The van der Waals surface area contributed by atoms with E-state index in [0.29, 0.717) is 17.5 Å². The molecule has 0 radical (unpaired) electrons. The maximum Gasteiger partial charge on any atom is 0.240 e. The van der Waals surface area contributed by atoms with Gasteiger partial charge in [0, 0.05) is 9.75 Å². The van der Waals surface area contributed by atoms with Gasteiger partial charge in [-0.15, -0.1) is 11.3 Å². The Hall–Kier alpha value is -1.66. The Labute approximate surface area is 128 Å². The van der Waals surface area contributed by atoms with Crippen LogP contribution in [0.2, 0.25) is 0 Å². The van der Waals surface area contributed by atoms with Crippen molar-refractivity contribution in [1.82, 2.24) is 9.97 Å². The summed E-state index contributed by atoms with van der Waals surface area (Å²) < 4.78 is 10.4. The molecule has 112 valence electrons. The molecule has 0 spiro atoms. The van der Waals surface area contributed by atoms with Gasteiger partial charge in [0.25, 0.3) is 0 Å². The molecule has 0 bridgehead atoms. The van der Waals surface area contributed by atoms with E-state index in [-0.39, 0.29) is 6.04 Å². The summed E-state index contributed by atoms with van der Waals surface area (Å²) in [4.78, 5) is 11.2. The molecule has 1 atom stereocenters. The predicted octanol–water partition coefficient (Wildman–Crippen LogP) is 2.48. The summed E-state index contributed by atoms with van der Waals surface area (Å²) in [5.41, 5.74) is 8.48.